The maximum Gasteiger partial charge on any atom is 0.205 e. The maximum atomic E-state index is 12.8. The number of rotatable bonds is 7. The molecule has 4 rings (SSSR count). The summed E-state index contributed by atoms with van der Waals surface area (Å²) in [6.07, 6.45) is -0.0577. The first kappa shape index (κ1) is 26.8. The first-order chi connectivity index (χ1) is 17.1. The van der Waals surface area contributed by atoms with Crippen molar-refractivity contribution in [3.8, 4) is 11.5 Å². The number of methoxy groups -OCH3 is 2. The van der Waals surface area contributed by atoms with Crippen LogP contribution in [0.5, 0.6) is 11.5 Å². The fraction of sp³-hybridized carbons (Fsp3) is 0.400. The molecule has 0 saturated heterocycles. The van der Waals surface area contributed by atoms with Crippen LogP contribution in [0.2, 0.25) is 13.1 Å². The Hall–Kier alpha value is -2.25. The molecule has 0 aromatic heterocycles. The number of hydrogen-bond acceptors (Lipinski definition) is 5. The van der Waals surface area contributed by atoms with Gasteiger partial charge in [-0.2, -0.15) is 0 Å². The summed E-state index contributed by atoms with van der Waals surface area (Å²) in [4.78, 5) is 1.04. The van der Waals surface area contributed by atoms with Gasteiger partial charge in [-0.3, -0.25) is 0 Å². The Labute approximate surface area is 221 Å². The van der Waals surface area contributed by atoms with Crippen molar-refractivity contribution in [3.63, 3.8) is 0 Å². The van der Waals surface area contributed by atoms with Crippen molar-refractivity contribution < 1.29 is 19.0 Å². The van der Waals surface area contributed by atoms with Crippen LogP contribution in [0, 0.1) is 5.41 Å². The third kappa shape index (κ3) is 5.23. The average Bonchev–Trinajstić information content (AvgIpc) is 2.86. The summed E-state index contributed by atoms with van der Waals surface area (Å²) in [6, 6.07) is 22.4. The lowest BCUT2D eigenvalue weighted by Crippen LogP contribution is -2.39. The van der Waals surface area contributed by atoms with Crippen molar-refractivity contribution in [1.82, 2.24) is 0 Å². The lowest BCUT2D eigenvalue weighted by atomic mass is 9.72. The van der Waals surface area contributed by atoms with Crippen molar-refractivity contribution in [2.24, 2.45) is 5.41 Å². The molecule has 4 nitrogen and oxygen atoms in total. The molecule has 0 spiro atoms. The Morgan fingerprint density at radius 2 is 1.61 bits per heavy atom. The molecule has 191 valence electrons. The standard InChI is InChI=1S/C30H37O4SSi/c1-29(2,3)28(34-36(6)7)21-9-8-10-22(17-21)30(31)25-16-15-24(33-5)18-27(25)35-19-26(30)20-11-13-23(32-4)14-12-20/h8-18,26,28,31H,19H2,1-7H3. The highest BCUT2D eigenvalue weighted by Gasteiger charge is 2.46. The van der Waals surface area contributed by atoms with Gasteiger partial charge in [-0.1, -0.05) is 57.2 Å². The van der Waals surface area contributed by atoms with E-state index in [2.05, 4.69) is 64.2 Å². The minimum absolute atomic E-state index is 0.0577. The molecule has 0 bridgehead atoms. The zero-order chi connectivity index (χ0) is 26.1. The third-order valence-electron chi connectivity index (χ3n) is 6.80. The SMILES string of the molecule is COc1ccc(C2CSc3cc(OC)ccc3C2(O)c2cccc(C(O[Si](C)C)C(C)(C)C)c2)cc1. The zero-order valence-electron chi connectivity index (χ0n) is 22.3. The van der Waals surface area contributed by atoms with Crippen molar-refractivity contribution in [2.75, 3.05) is 20.0 Å². The van der Waals surface area contributed by atoms with Crippen molar-refractivity contribution in [1.29, 1.82) is 0 Å². The molecular weight excluding hydrogens is 484 g/mol. The van der Waals surface area contributed by atoms with E-state index >= 15 is 0 Å². The average molecular weight is 522 g/mol. The van der Waals surface area contributed by atoms with E-state index in [4.69, 9.17) is 13.9 Å². The van der Waals surface area contributed by atoms with Crippen molar-refractivity contribution >= 4 is 20.8 Å². The molecule has 1 heterocycles. The first-order valence-electron chi connectivity index (χ1n) is 12.3. The van der Waals surface area contributed by atoms with E-state index in [1.54, 1.807) is 26.0 Å². The van der Waals surface area contributed by atoms with Gasteiger partial charge in [0.05, 0.1) is 20.3 Å². The number of fused-ring (bicyclic) bond motifs is 1. The summed E-state index contributed by atoms with van der Waals surface area (Å²) >= 11 is 1.76. The maximum absolute atomic E-state index is 12.8. The number of benzene rings is 3. The molecule has 1 N–H and O–H groups in total. The minimum Gasteiger partial charge on any atom is -0.497 e. The monoisotopic (exact) mass is 521 g/mol. The molecule has 6 heteroatoms. The molecular formula is C30H37O4SSi. The molecule has 0 aliphatic carbocycles. The van der Waals surface area contributed by atoms with Crippen LogP contribution in [0.15, 0.2) is 71.6 Å². The molecule has 36 heavy (non-hydrogen) atoms. The quantitative estimate of drug-likeness (QED) is 0.334. The second-order valence-electron chi connectivity index (χ2n) is 10.7. The van der Waals surface area contributed by atoms with Crippen LogP contribution in [0.3, 0.4) is 0 Å². The predicted octanol–water partition coefficient (Wildman–Crippen LogP) is 7.18. The predicted molar refractivity (Wildman–Crippen MR) is 150 cm³/mol. The molecule has 3 aromatic carbocycles. The normalized spacial score (nSPS) is 20.6. The molecule has 3 atom stereocenters. The van der Waals surface area contributed by atoms with Crippen LogP contribution in [0.1, 0.15) is 55.0 Å². The Morgan fingerprint density at radius 3 is 2.22 bits per heavy atom. The van der Waals surface area contributed by atoms with E-state index in [0.29, 0.717) is 0 Å². The molecule has 3 aromatic rings. The molecule has 1 aliphatic heterocycles. The summed E-state index contributed by atoms with van der Waals surface area (Å²) in [7, 11) is 2.42. The fourth-order valence-electron chi connectivity index (χ4n) is 5.00. The van der Waals surface area contributed by atoms with E-state index in [1.807, 2.05) is 36.4 Å². The van der Waals surface area contributed by atoms with Gasteiger partial charge in [0.1, 0.15) is 17.1 Å². The molecule has 1 aliphatic rings. The van der Waals surface area contributed by atoms with Crippen molar-refractivity contribution in [2.45, 2.75) is 56.4 Å². The zero-order valence-corrected chi connectivity index (χ0v) is 24.1. The molecule has 1 radical (unpaired) electrons. The molecule has 0 saturated carbocycles. The van der Waals surface area contributed by atoms with Gasteiger partial charge in [-0.25, -0.2) is 0 Å². The number of thioether (sulfide) groups is 1. The Kier molecular flexibility index (Phi) is 7.91. The lowest BCUT2D eigenvalue weighted by molar-refractivity contribution is 0.0511. The number of aliphatic hydroxyl groups is 1. The molecule has 0 fully saturated rings. The van der Waals surface area contributed by atoms with Gasteiger partial charge < -0.3 is 19.0 Å². The first-order valence-corrected chi connectivity index (χ1v) is 15.7. The van der Waals surface area contributed by atoms with Crippen LogP contribution in [-0.4, -0.2) is 34.1 Å². The van der Waals surface area contributed by atoms with Gasteiger partial charge in [-0.05, 0) is 65.5 Å². The summed E-state index contributed by atoms with van der Waals surface area (Å²) in [5.41, 5.74) is 2.67. The summed E-state index contributed by atoms with van der Waals surface area (Å²) < 4.78 is 17.4. The van der Waals surface area contributed by atoms with E-state index in [0.717, 1.165) is 44.4 Å². The summed E-state index contributed by atoms with van der Waals surface area (Å²) in [5.74, 6) is 2.20. The Bertz CT molecular complexity index is 1190. The van der Waals surface area contributed by atoms with Crippen LogP contribution in [0.25, 0.3) is 0 Å². The second-order valence-corrected chi connectivity index (χ2v) is 13.8. The number of hydrogen-bond donors (Lipinski definition) is 1. The van der Waals surface area contributed by atoms with Gasteiger partial charge in [-0.15, -0.1) is 11.8 Å². The highest BCUT2D eigenvalue weighted by Crippen LogP contribution is 2.53. The summed E-state index contributed by atoms with van der Waals surface area (Å²) in [5, 5.41) is 12.8. The van der Waals surface area contributed by atoms with E-state index in [-0.39, 0.29) is 17.4 Å². The van der Waals surface area contributed by atoms with Crippen molar-refractivity contribution in [3.05, 3.63) is 89.0 Å². The largest absolute Gasteiger partial charge is 0.497 e. The fourth-order valence-corrected chi connectivity index (χ4v) is 7.31. The second kappa shape index (κ2) is 10.6. The Morgan fingerprint density at radius 1 is 0.944 bits per heavy atom. The Balaban J connectivity index is 1.89. The third-order valence-corrected chi connectivity index (χ3v) is 8.65. The molecule has 3 unspecified atom stereocenters. The highest BCUT2D eigenvalue weighted by atomic mass is 32.2. The topological polar surface area (TPSA) is 47.9 Å². The van der Waals surface area contributed by atoms with E-state index in [9.17, 15) is 5.11 Å². The lowest BCUT2D eigenvalue weighted by Gasteiger charge is -2.42. The van der Waals surface area contributed by atoms with E-state index in [1.165, 1.54) is 0 Å². The minimum atomic E-state index is -1.22. The van der Waals surface area contributed by atoms with E-state index < -0.39 is 14.6 Å². The van der Waals surface area contributed by atoms with Gasteiger partial charge in [0.25, 0.3) is 0 Å². The smallest absolute Gasteiger partial charge is 0.205 e. The van der Waals surface area contributed by atoms with Gasteiger partial charge in [0.2, 0.25) is 9.04 Å². The highest BCUT2D eigenvalue weighted by molar-refractivity contribution is 7.99. The van der Waals surface area contributed by atoms with Gasteiger partial charge in [0.15, 0.2) is 0 Å². The van der Waals surface area contributed by atoms with Crippen LogP contribution in [-0.2, 0) is 10.0 Å². The number of ether oxygens (including phenoxy) is 2. The van der Waals surface area contributed by atoms with Gasteiger partial charge in [0, 0.05) is 22.1 Å². The van der Waals surface area contributed by atoms with Gasteiger partial charge >= 0.3 is 0 Å². The summed E-state index contributed by atoms with van der Waals surface area (Å²) in [6.45, 7) is 11.0. The van der Waals surface area contributed by atoms with Crippen LogP contribution >= 0.6 is 11.8 Å². The molecule has 0 amide bonds. The van der Waals surface area contributed by atoms with Crippen LogP contribution < -0.4 is 9.47 Å². The van der Waals surface area contributed by atoms with Crippen LogP contribution in [0.4, 0.5) is 0 Å².